The van der Waals surface area contributed by atoms with E-state index in [4.69, 9.17) is 17.3 Å². The molecule has 3 N–H and O–H groups in total. The lowest BCUT2D eigenvalue weighted by atomic mass is 9.86. The van der Waals surface area contributed by atoms with Crippen molar-refractivity contribution >= 4 is 17.3 Å². The number of hydrogen-bond donors (Lipinski definition) is 2. The average molecular weight is 227 g/mol. The van der Waals surface area contributed by atoms with Gasteiger partial charge in [0.25, 0.3) is 0 Å². The summed E-state index contributed by atoms with van der Waals surface area (Å²) in [5.74, 6) is 0. The molecule has 0 spiro atoms. The minimum atomic E-state index is 0.136. The Bertz CT molecular complexity index is 318. The van der Waals surface area contributed by atoms with E-state index in [0.717, 1.165) is 10.7 Å². The van der Waals surface area contributed by atoms with Crippen molar-refractivity contribution < 1.29 is 0 Å². The predicted octanol–water partition coefficient (Wildman–Crippen LogP) is 3.13. The first-order valence-corrected chi connectivity index (χ1v) is 5.53. The van der Waals surface area contributed by atoms with Crippen molar-refractivity contribution in [2.75, 3.05) is 11.9 Å². The van der Waals surface area contributed by atoms with Gasteiger partial charge < -0.3 is 11.1 Å². The summed E-state index contributed by atoms with van der Waals surface area (Å²) in [4.78, 5) is 0. The number of nitrogens with one attached hydrogen (secondary N) is 1. The van der Waals surface area contributed by atoms with Gasteiger partial charge in [0.15, 0.2) is 0 Å². The smallest absolute Gasteiger partial charge is 0.0432 e. The molecular formula is C12H19ClN2. The molecule has 15 heavy (non-hydrogen) atoms. The highest BCUT2D eigenvalue weighted by molar-refractivity contribution is 6.30. The summed E-state index contributed by atoms with van der Waals surface area (Å²) in [7, 11) is 0. The van der Waals surface area contributed by atoms with Crippen LogP contribution in [0, 0.1) is 5.41 Å². The lowest BCUT2D eigenvalue weighted by molar-refractivity contribution is 0.346. The predicted molar refractivity (Wildman–Crippen MR) is 67.4 cm³/mol. The lowest BCUT2D eigenvalue weighted by Crippen LogP contribution is -2.40. The Kier molecular flexibility index (Phi) is 4.00. The molecule has 0 bridgehead atoms. The molecule has 0 saturated carbocycles. The van der Waals surface area contributed by atoms with Crippen LogP contribution >= 0.6 is 11.6 Å². The third-order valence-electron chi connectivity index (χ3n) is 2.45. The van der Waals surface area contributed by atoms with Gasteiger partial charge in [0.2, 0.25) is 0 Å². The second kappa shape index (κ2) is 4.86. The topological polar surface area (TPSA) is 38.0 Å². The zero-order valence-electron chi connectivity index (χ0n) is 9.55. The van der Waals surface area contributed by atoms with Gasteiger partial charge in [-0.15, -0.1) is 0 Å². The first-order valence-electron chi connectivity index (χ1n) is 5.15. The Morgan fingerprint density at radius 2 is 2.07 bits per heavy atom. The number of rotatable bonds is 3. The van der Waals surface area contributed by atoms with E-state index in [1.165, 1.54) is 0 Å². The van der Waals surface area contributed by atoms with E-state index < -0.39 is 0 Å². The fourth-order valence-corrected chi connectivity index (χ4v) is 1.60. The minimum absolute atomic E-state index is 0.136. The molecular weight excluding hydrogens is 208 g/mol. The molecule has 84 valence electrons. The van der Waals surface area contributed by atoms with Crippen LogP contribution in [-0.2, 0) is 0 Å². The van der Waals surface area contributed by atoms with Crippen LogP contribution in [0.25, 0.3) is 0 Å². The summed E-state index contributed by atoms with van der Waals surface area (Å²) in [5.41, 5.74) is 6.91. The Balaban J connectivity index is 2.76. The number of anilines is 1. The van der Waals surface area contributed by atoms with E-state index in [9.17, 15) is 0 Å². The minimum Gasteiger partial charge on any atom is -0.380 e. The second-order valence-electron chi connectivity index (χ2n) is 4.81. The molecule has 0 aliphatic heterocycles. The fourth-order valence-electron chi connectivity index (χ4n) is 1.41. The molecule has 0 aromatic heterocycles. The Morgan fingerprint density at radius 3 is 2.53 bits per heavy atom. The standard InChI is InChI=1S/C12H19ClN2/c1-12(2,3)11(8-14)15-10-6-4-5-9(13)7-10/h4-7,11,15H,8,14H2,1-3H3. The van der Waals surface area contributed by atoms with Gasteiger partial charge in [0.05, 0.1) is 0 Å². The van der Waals surface area contributed by atoms with Crippen molar-refractivity contribution in [1.82, 2.24) is 0 Å². The van der Waals surface area contributed by atoms with Crippen molar-refractivity contribution in [1.29, 1.82) is 0 Å². The van der Waals surface area contributed by atoms with Crippen molar-refractivity contribution in [2.45, 2.75) is 26.8 Å². The summed E-state index contributed by atoms with van der Waals surface area (Å²) in [6, 6.07) is 7.95. The van der Waals surface area contributed by atoms with E-state index in [-0.39, 0.29) is 11.5 Å². The van der Waals surface area contributed by atoms with Crippen molar-refractivity contribution in [3.63, 3.8) is 0 Å². The van der Waals surface area contributed by atoms with Crippen LogP contribution in [0.15, 0.2) is 24.3 Å². The highest BCUT2D eigenvalue weighted by Crippen LogP contribution is 2.23. The molecule has 0 radical (unpaired) electrons. The molecule has 1 unspecified atom stereocenters. The number of hydrogen-bond acceptors (Lipinski definition) is 2. The zero-order chi connectivity index (χ0) is 11.5. The van der Waals surface area contributed by atoms with Crippen molar-refractivity contribution in [3.05, 3.63) is 29.3 Å². The lowest BCUT2D eigenvalue weighted by Gasteiger charge is -2.31. The van der Waals surface area contributed by atoms with Gasteiger partial charge in [-0.05, 0) is 23.6 Å². The molecule has 1 rings (SSSR count). The van der Waals surface area contributed by atoms with E-state index in [1.807, 2.05) is 24.3 Å². The monoisotopic (exact) mass is 226 g/mol. The van der Waals surface area contributed by atoms with Crippen molar-refractivity contribution in [2.24, 2.45) is 11.1 Å². The number of benzene rings is 1. The van der Waals surface area contributed by atoms with Crippen LogP contribution in [0.4, 0.5) is 5.69 Å². The maximum absolute atomic E-state index is 5.91. The largest absolute Gasteiger partial charge is 0.380 e. The fraction of sp³-hybridized carbons (Fsp3) is 0.500. The maximum Gasteiger partial charge on any atom is 0.0432 e. The van der Waals surface area contributed by atoms with Gasteiger partial charge in [-0.3, -0.25) is 0 Å². The normalized spacial score (nSPS) is 13.7. The van der Waals surface area contributed by atoms with Crippen molar-refractivity contribution in [3.8, 4) is 0 Å². The highest BCUT2D eigenvalue weighted by atomic mass is 35.5. The van der Waals surface area contributed by atoms with Gasteiger partial charge in [0.1, 0.15) is 0 Å². The molecule has 0 saturated heterocycles. The third-order valence-corrected chi connectivity index (χ3v) is 2.68. The molecule has 1 atom stereocenters. The number of halogens is 1. The maximum atomic E-state index is 5.91. The van der Waals surface area contributed by atoms with Crippen LogP contribution in [0.3, 0.4) is 0 Å². The van der Waals surface area contributed by atoms with Crippen LogP contribution in [0.2, 0.25) is 5.02 Å². The summed E-state index contributed by atoms with van der Waals surface area (Å²) < 4.78 is 0. The molecule has 0 fully saturated rings. The Labute approximate surface area is 96.8 Å². The van der Waals surface area contributed by atoms with Gasteiger partial charge in [-0.2, -0.15) is 0 Å². The SMILES string of the molecule is CC(C)(C)C(CN)Nc1cccc(Cl)c1. The third kappa shape index (κ3) is 3.73. The highest BCUT2D eigenvalue weighted by Gasteiger charge is 2.22. The quantitative estimate of drug-likeness (QED) is 0.831. The van der Waals surface area contributed by atoms with E-state index >= 15 is 0 Å². The Hall–Kier alpha value is -0.730. The molecule has 0 aliphatic rings. The molecule has 1 aromatic carbocycles. The van der Waals surface area contributed by atoms with Crippen LogP contribution < -0.4 is 11.1 Å². The van der Waals surface area contributed by atoms with E-state index in [1.54, 1.807) is 0 Å². The van der Waals surface area contributed by atoms with Crippen LogP contribution in [-0.4, -0.2) is 12.6 Å². The summed E-state index contributed by atoms with van der Waals surface area (Å²) in [6.07, 6.45) is 0. The molecule has 0 heterocycles. The van der Waals surface area contributed by atoms with E-state index in [0.29, 0.717) is 6.54 Å². The van der Waals surface area contributed by atoms with Crippen LogP contribution in [0.1, 0.15) is 20.8 Å². The van der Waals surface area contributed by atoms with Gasteiger partial charge >= 0.3 is 0 Å². The zero-order valence-corrected chi connectivity index (χ0v) is 10.3. The second-order valence-corrected chi connectivity index (χ2v) is 5.25. The first kappa shape index (κ1) is 12.3. The van der Waals surface area contributed by atoms with Gasteiger partial charge in [0, 0.05) is 23.3 Å². The first-order chi connectivity index (χ1) is 6.93. The number of nitrogens with two attached hydrogens (primary N) is 1. The molecule has 2 nitrogen and oxygen atoms in total. The molecule has 0 aliphatic carbocycles. The summed E-state index contributed by atoms with van der Waals surface area (Å²) in [6.45, 7) is 7.11. The van der Waals surface area contributed by atoms with Gasteiger partial charge in [-0.25, -0.2) is 0 Å². The van der Waals surface area contributed by atoms with E-state index in [2.05, 4.69) is 26.1 Å². The molecule has 1 aromatic rings. The van der Waals surface area contributed by atoms with Crippen LogP contribution in [0.5, 0.6) is 0 Å². The van der Waals surface area contributed by atoms with Gasteiger partial charge in [-0.1, -0.05) is 38.4 Å². The average Bonchev–Trinajstić information content (AvgIpc) is 2.12. The molecule has 3 heteroatoms. The summed E-state index contributed by atoms with van der Waals surface area (Å²) >= 11 is 5.91. The molecule has 0 amide bonds. The Morgan fingerprint density at radius 1 is 1.40 bits per heavy atom. The summed E-state index contributed by atoms with van der Waals surface area (Å²) in [5, 5.41) is 4.14.